The zero-order chi connectivity index (χ0) is 14.5. The molecule has 0 saturated carbocycles. The standard InChI is InChI=1S/C14H11Cl3N2O/c15-11-4-2-1-3-9(11)8-18-14(20)19-10-5-6-12(16)13(17)7-10/h1-7H,8H2,(H2,18,19,20). The van der Waals surface area contributed by atoms with E-state index in [0.29, 0.717) is 27.3 Å². The van der Waals surface area contributed by atoms with Gasteiger partial charge in [-0.05, 0) is 29.8 Å². The number of carbonyl (C=O) groups is 1. The predicted molar refractivity (Wildman–Crippen MR) is 83.8 cm³/mol. The molecule has 0 saturated heterocycles. The van der Waals surface area contributed by atoms with E-state index in [1.807, 2.05) is 18.2 Å². The Hall–Kier alpha value is -1.42. The number of rotatable bonds is 3. The summed E-state index contributed by atoms with van der Waals surface area (Å²) in [5.74, 6) is 0. The van der Waals surface area contributed by atoms with Gasteiger partial charge in [-0.3, -0.25) is 0 Å². The Balaban J connectivity index is 1.93. The summed E-state index contributed by atoms with van der Waals surface area (Å²) < 4.78 is 0. The molecule has 0 aliphatic rings. The number of anilines is 1. The third kappa shape index (κ3) is 4.04. The molecule has 0 unspecified atom stereocenters. The van der Waals surface area contributed by atoms with Crippen molar-refractivity contribution in [3.63, 3.8) is 0 Å². The van der Waals surface area contributed by atoms with Crippen molar-refractivity contribution in [3.8, 4) is 0 Å². The maximum absolute atomic E-state index is 11.8. The lowest BCUT2D eigenvalue weighted by molar-refractivity contribution is 0.252. The van der Waals surface area contributed by atoms with Crippen LogP contribution < -0.4 is 10.6 Å². The molecular weight excluding hydrogens is 319 g/mol. The van der Waals surface area contributed by atoms with E-state index in [1.165, 1.54) is 0 Å². The number of hydrogen-bond acceptors (Lipinski definition) is 1. The second kappa shape index (κ2) is 6.84. The Morgan fingerprint density at radius 3 is 2.40 bits per heavy atom. The van der Waals surface area contributed by atoms with Gasteiger partial charge in [-0.1, -0.05) is 53.0 Å². The van der Waals surface area contributed by atoms with Crippen molar-refractivity contribution in [1.29, 1.82) is 0 Å². The molecule has 20 heavy (non-hydrogen) atoms. The van der Waals surface area contributed by atoms with E-state index in [0.717, 1.165) is 5.56 Å². The van der Waals surface area contributed by atoms with Crippen LogP contribution in [-0.2, 0) is 6.54 Å². The summed E-state index contributed by atoms with van der Waals surface area (Å²) in [5.41, 5.74) is 1.41. The first-order valence-electron chi connectivity index (χ1n) is 5.79. The molecule has 2 amide bonds. The van der Waals surface area contributed by atoms with Gasteiger partial charge < -0.3 is 10.6 Å². The molecule has 0 radical (unpaired) electrons. The Morgan fingerprint density at radius 2 is 1.70 bits per heavy atom. The van der Waals surface area contributed by atoms with Crippen LogP contribution in [0.2, 0.25) is 15.1 Å². The third-order valence-electron chi connectivity index (χ3n) is 2.57. The summed E-state index contributed by atoms with van der Waals surface area (Å²) in [7, 11) is 0. The number of halogens is 3. The number of urea groups is 1. The zero-order valence-corrected chi connectivity index (χ0v) is 12.6. The molecule has 6 heteroatoms. The second-order valence-corrected chi connectivity index (χ2v) is 5.25. The highest BCUT2D eigenvalue weighted by molar-refractivity contribution is 6.42. The average molecular weight is 330 g/mol. The maximum atomic E-state index is 11.8. The van der Waals surface area contributed by atoms with E-state index in [9.17, 15) is 4.79 Å². The summed E-state index contributed by atoms with van der Waals surface area (Å²) in [6, 6.07) is 11.8. The van der Waals surface area contributed by atoms with Gasteiger partial charge in [0.1, 0.15) is 0 Å². The van der Waals surface area contributed by atoms with E-state index in [-0.39, 0.29) is 6.03 Å². The van der Waals surface area contributed by atoms with Crippen LogP contribution >= 0.6 is 34.8 Å². The Kier molecular flexibility index (Phi) is 5.12. The second-order valence-electron chi connectivity index (χ2n) is 4.03. The lowest BCUT2D eigenvalue weighted by Gasteiger charge is -2.09. The minimum absolute atomic E-state index is 0.340. The first-order valence-corrected chi connectivity index (χ1v) is 6.93. The first-order chi connectivity index (χ1) is 9.56. The number of carbonyl (C=O) groups excluding carboxylic acids is 1. The summed E-state index contributed by atoms with van der Waals surface area (Å²) >= 11 is 17.7. The molecule has 0 spiro atoms. The monoisotopic (exact) mass is 328 g/mol. The minimum Gasteiger partial charge on any atom is -0.334 e. The third-order valence-corrected chi connectivity index (χ3v) is 3.68. The molecule has 0 heterocycles. The Bertz CT molecular complexity index is 632. The maximum Gasteiger partial charge on any atom is 0.319 e. The van der Waals surface area contributed by atoms with Crippen LogP contribution in [0.5, 0.6) is 0 Å². The summed E-state index contributed by atoms with van der Waals surface area (Å²) in [6.07, 6.45) is 0. The van der Waals surface area contributed by atoms with Crippen LogP contribution in [0.1, 0.15) is 5.56 Å². The number of nitrogens with one attached hydrogen (secondary N) is 2. The smallest absolute Gasteiger partial charge is 0.319 e. The highest BCUT2D eigenvalue weighted by Crippen LogP contribution is 2.24. The van der Waals surface area contributed by atoms with Crippen LogP contribution in [-0.4, -0.2) is 6.03 Å². The van der Waals surface area contributed by atoms with Gasteiger partial charge in [0.15, 0.2) is 0 Å². The molecule has 0 fully saturated rings. The Labute approximate surface area is 131 Å². The molecule has 2 N–H and O–H groups in total. The van der Waals surface area contributed by atoms with Crippen LogP contribution in [0.25, 0.3) is 0 Å². The first kappa shape index (κ1) is 15.0. The van der Waals surface area contributed by atoms with Crippen molar-refractivity contribution in [2.45, 2.75) is 6.54 Å². The van der Waals surface area contributed by atoms with Gasteiger partial charge in [-0.15, -0.1) is 0 Å². The molecule has 0 bridgehead atoms. The van der Waals surface area contributed by atoms with Gasteiger partial charge in [0.2, 0.25) is 0 Å². The fourth-order valence-electron chi connectivity index (χ4n) is 1.57. The van der Waals surface area contributed by atoms with E-state index < -0.39 is 0 Å². The molecule has 2 rings (SSSR count). The molecule has 2 aromatic rings. The van der Waals surface area contributed by atoms with Gasteiger partial charge >= 0.3 is 6.03 Å². The van der Waals surface area contributed by atoms with E-state index in [1.54, 1.807) is 24.3 Å². The molecule has 0 aliphatic heterocycles. The van der Waals surface area contributed by atoms with Crippen molar-refractivity contribution >= 4 is 46.5 Å². The quantitative estimate of drug-likeness (QED) is 0.820. The molecule has 0 atom stereocenters. The van der Waals surface area contributed by atoms with E-state index >= 15 is 0 Å². The van der Waals surface area contributed by atoms with Gasteiger partial charge in [0, 0.05) is 17.3 Å². The highest BCUT2D eigenvalue weighted by Gasteiger charge is 2.05. The molecule has 0 aromatic heterocycles. The number of amides is 2. The van der Waals surface area contributed by atoms with Crippen molar-refractivity contribution < 1.29 is 4.79 Å². The van der Waals surface area contributed by atoms with E-state index in [2.05, 4.69) is 10.6 Å². The SMILES string of the molecule is O=C(NCc1ccccc1Cl)Nc1ccc(Cl)c(Cl)c1. The van der Waals surface area contributed by atoms with Crippen LogP contribution in [0.4, 0.5) is 10.5 Å². The van der Waals surface area contributed by atoms with Crippen LogP contribution in [0, 0.1) is 0 Å². The summed E-state index contributed by atoms with van der Waals surface area (Å²) in [6.45, 7) is 0.340. The number of hydrogen-bond donors (Lipinski definition) is 2. The minimum atomic E-state index is -0.344. The van der Waals surface area contributed by atoms with Crippen molar-refractivity contribution in [2.75, 3.05) is 5.32 Å². The molecule has 3 nitrogen and oxygen atoms in total. The van der Waals surface area contributed by atoms with Gasteiger partial charge in [0.05, 0.1) is 10.0 Å². The van der Waals surface area contributed by atoms with Crippen LogP contribution in [0.3, 0.4) is 0 Å². The lowest BCUT2D eigenvalue weighted by Crippen LogP contribution is -2.28. The molecule has 2 aromatic carbocycles. The van der Waals surface area contributed by atoms with Gasteiger partial charge in [-0.25, -0.2) is 4.79 Å². The van der Waals surface area contributed by atoms with Crippen LogP contribution in [0.15, 0.2) is 42.5 Å². The lowest BCUT2D eigenvalue weighted by atomic mass is 10.2. The summed E-state index contributed by atoms with van der Waals surface area (Å²) in [4.78, 5) is 11.8. The topological polar surface area (TPSA) is 41.1 Å². The van der Waals surface area contributed by atoms with E-state index in [4.69, 9.17) is 34.8 Å². The average Bonchev–Trinajstić information content (AvgIpc) is 2.42. The predicted octanol–water partition coefficient (Wildman–Crippen LogP) is 4.97. The van der Waals surface area contributed by atoms with Gasteiger partial charge in [-0.2, -0.15) is 0 Å². The normalized spacial score (nSPS) is 10.2. The molecule has 0 aliphatic carbocycles. The largest absolute Gasteiger partial charge is 0.334 e. The molecule has 104 valence electrons. The van der Waals surface area contributed by atoms with Crippen molar-refractivity contribution in [2.24, 2.45) is 0 Å². The fraction of sp³-hybridized carbons (Fsp3) is 0.0714. The zero-order valence-electron chi connectivity index (χ0n) is 10.3. The molecular formula is C14H11Cl3N2O. The van der Waals surface area contributed by atoms with Crippen molar-refractivity contribution in [1.82, 2.24) is 5.32 Å². The van der Waals surface area contributed by atoms with Crippen molar-refractivity contribution in [3.05, 3.63) is 63.1 Å². The highest BCUT2D eigenvalue weighted by atomic mass is 35.5. The summed E-state index contributed by atoms with van der Waals surface area (Å²) in [5, 5.41) is 6.81. The Morgan fingerprint density at radius 1 is 0.950 bits per heavy atom. The number of benzene rings is 2. The van der Waals surface area contributed by atoms with Gasteiger partial charge in [0.25, 0.3) is 0 Å². The fourth-order valence-corrected chi connectivity index (χ4v) is 2.07.